The van der Waals surface area contributed by atoms with Gasteiger partial charge in [-0.05, 0) is 31.0 Å². The van der Waals surface area contributed by atoms with Gasteiger partial charge in [-0.25, -0.2) is 8.42 Å². The number of hydrogen-bond acceptors (Lipinski definition) is 4. The summed E-state index contributed by atoms with van der Waals surface area (Å²) in [5.41, 5.74) is 6.79. The smallest absolute Gasteiger partial charge is 0.150 e. The van der Waals surface area contributed by atoms with Crippen LogP contribution in [0.1, 0.15) is 31.9 Å². The third-order valence-electron chi connectivity index (χ3n) is 2.69. The SMILES string of the molecule is CCS(=O)(=O)CCCOc1cccc([C@@H](C)N)c1. The van der Waals surface area contributed by atoms with Crippen LogP contribution in [0, 0.1) is 0 Å². The molecule has 0 aliphatic heterocycles. The largest absolute Gasteiger partial charge is 0.494 e. The first-order valence-electron chi connectivity index (χ1n) is 6.13. The second-order valence-electron chi connectivity index (χ2n) is 4.30. The molecule has 0 saturated heterocycles. The normalized spacial score (nSPS) is 13.3. The molecule has 0 aromatic heterocycles. The Morgan fingerprint density at radius 3 is 2.72 bits per heavy atom. The third kappa shape index (κ3) is 5.06. The molecule has 0 radical (unpaired) electrons. The highest BCUT2D eigenvalue weighted by atomic mass is 32.2. The van der Waals surface area contributed by atoms with Gasteiger partial charge in [0.15, 0.2) is 0 Å². The van der Waals surface area contributed by atoms with Gasteiger partial charge in [-0.1, -0.05) is 19.1 Å². The zero-order valence-electron chi connectivity index (χ0n) is 10.9. The van der Waals surface area contributed by atoms with Crippen LogP contribution in [-0.4, -0.2) is 26.5 Å². The van der Waals surface area contributed by atoms with Gasteiger partial charge in [0.2, 0.25) is 0 Å². The molecule has 0 aliphatic rings. The Bertz CT molecular complexity index is 469. The van der Waals surface area contributed by atoms with Crippen LogP contribution in [0.4, 0.5) is 0 Å². The molecule has 102 valence electrons. The topological polar surface area (TPSA) is 69.4 Å². The molecule has 0 unspecified atom stereocenters. The number of rotatable bonds is 7. The molecule has 0 bridgehead atoms. The van der Waals surface area contributed by atoms with Crippen molar-refractivity contribution in [1.29, 1.82) is 0 Å². The van der Waals surface area contributed by atoms with E-state index >= 15 is 0 Å². The number of ether oxygens (including phenoxy) is 1. The molecule has 2 N–H and O–H groups in total. The number of nitrogens with two attached hydrogens (primary N) is 1. The molecule has 1 aromatic carbocycles. The van der Waals surface area contributed by atoms with E-state index < -0.39 is 9.84 Å². The van der Waals surface area contributed by atoms with Crippen molar-refractivity contribution >= 4 is 9.84 Å². The first kappa shape index (κ1) is 15.0. The lowest BCUT2D eigenvalue weighted by atomic mass is 10.1. The van der Waals surface area contributed by atoms with E-state index in [1.165, 1.54) is 0 Å². The standard InChI is InChI=1S/C13H21NO3S/c1-3-18(15,16)9-5-8-17-13-7-4-6-12(10-13)11(2)14/h4,6-7,10-11H,3,5,8-9,14H2,1-2H3/t11-/m1/s1. The molecule has 0 saturated carbocycles. The zero-order chi connectivity index (χ0) is 13.6. The predicted molar refractivity (Wildman–Crippen MR) is 73.5 cm³/mol. The van der Waals surface area contributed by atoms with E-state index in [2.05, 4.69) is 0 Å². The summed E-state index contributed by atoms with van der Waals surface area (Å²) in [5.74, 6) is 1.10. The van der Waals surface area contributed by atoms with E-state index in [-0.39, 0.29) is 17.5 Å². The average Bonchev–Trinajstić information content (AvgIpc) is 2.35. The maximum atomic E-state index is 11.3. The van der Waals surface area contributed by atoms with E-state index in [9.17, 15) is 8.42 Å². The summed E-state index contributed by atoms with van der Waals surface area (Å²) in [4.78, 5) is 0. The van der Waals surface area contributed by atoms with Crippen LogP contribution in [0.3, 0.4) is 0 Å². The molecule has 4 nitrogen and oxygen atoms in total. The highest BCUT2D eigenvalue weighted by Crippen LogP contribution is 2.17. The second kappa shape index (κ2) is 6.75. The summed E-state index contributed by atoms with van der Waals surface area (Å²) in [6.45, 7) is 3.97. The monoisotopic (exact) mass is 271 g/mol. The van der Waals surface area contributed by atoms with Crippen molar-refractivity contribution in [3.63, 3.8) is 0 Å². The fourth-order valence-corrected chi connectivity index (χ4v) is 2.35. The van der Waals surface area contributed by atoms with Gasteiger partial charge in [0.25, 0.3) is 0 Å². The third-order valence-corrected chi connectivity index (χ3v) is 4.48. The van der Waals surface area contributed by atoms with E-state index in [4.69, 9.17) is 10.5 Å². The van der Waals surface area contributed by atoms with Crippen molar-refractivity contribution in [2.45, 2.75) is 26.3 Å². The van der Waals surface area contributed by atoms with E-state index in [1.807, 2.05) is 31.2 Å². The summed E-state index contributed by atoms with van der Waals surface area (Å²) in [7, 11) is -2.90. The maximum absolute atomic E-state index is 11.3. The maximum Gasteiger partial charge on any atom is 0.150 e. The summed E-state index contributed by atoms with van der Waals surface area (Å²) in [6, 6.07) is 7.53. The minimum Gasteiger partial charge on any atom is -0.494 e. The first-order valence-corrected chi connectivity index (χ1v) is 7.95. The van der Waals surface area contributed by atoms with Gasteiger partial charge in [0, 0.05) is 11.8 Å². The van der Waals surface area contributed by atoms with E-state index in [0.717, 1.165) is 11.3 Å². The van der Waals surface area contributed by atoms with Gasteiger partial charge in [0.05, 0.1) is 12.4 Å². The van der Waals surface area contributed by atoms with Gasteiger partial charge in [-0.15, -0.1) is 0 Å². The van der Waals surface area contributed by atoms with Gasteiger partial charge < -0.3 is 10.5 Å². The highest BCUT2D eigenvalue weighted by Gasteiger charge is 2.07. The molecular weight excluding hydrogens is 250 g/mol. The Kier molecular flexibility index (Phi) is 5.62. The Labute approximate surface area is 109 Å². The lowest BCUT2D eigenvalue weighted by Gasteiger charge is -2.10. The molecular formula is C13H21NO3S. The Morgan fingerprint density at radius 2 is 2.11 bits per heavy atom. The van der Waals surface area contributed by atoms with Crippen LogP contribution in [0.5, 0.6) is 5.75 Å². The van der Waals surface area contributed by atoms with E-state index in [0.29, 0.717) is 13.0 Å². The van der Waals surface area contributed by atoms with Crippen LogP contribution < -0.4 is 10.5 Å². The summed E-state index contributed by atoms with van der Waals surface area (Å²) in [5, 5.41) is 0. The molecule has 1 aromatic rings. The molecule has 1 atom stereocenters. The van der Waals surface area contributed by atoms with Gasteiger partial charge in [-0.2, -0.15) is 0 Å². The molecule has 0 fully saturated rings. The molecule has 18 heavy (non-hydrogen) atoms. The summed E-state index contributed by atoms with van der Waals surface area (Å²) >= 11 is 0. The Morgan fingerprint density at radius 1 is 1.39 bits per heavy atom. The highest BCUT2D eigenvalue weighted by molar-refractivity contribution is 7.91. The fourth-order valence-electron chi connectivity index (χ4n) is 1.50. The van der Waals surface area contributed by atoms with Crippen molar-refractivity contribution in [3.05, 3.63) is 29.8 Å². The van der Waals surface area contributed by atoms with Gasteiger partial charge >= 0.3 is 0 Å². The second-order valence-corrected chi connectivity index (χ2v) is 6.77. The minimum absolute atomic E-state index is 0.0333. The summed E-state index contributed by atoms with van der Waals surface area (Å²) < 4.78 is 28.1. The van der Waals surface area contributed by atoms with Crippen LogP contribution >= 0.6 is 0 Å². The van der Waals surface area contributed by atoms with Crippen LogP contribution in [0.15, 0.2) is 24.3 Å². The first-order chi connectivity index (χ1) is 8.44. The lowest BCUT2D eigenvalue weighted by molar-refractivity contribution is 0.317. The minimum atomic E-state index is -2.90. The molecule has 5 heteroatoms. The molecule has 0 heterocycles. The summed E-state index contributed by atoms with van der Waals surface area (Å²) in [6.07, 6.45) is 0.512. The van der Waals surface area contributed by atoms with Crippen molar-refractivity contribution in [2.75, 3.05) is 18.1 Å². The molecule has 0 aliphatic carbocycles. The number of benzene rings is 1. The van der Waals surface area contributed by atoms with Crippen molar-refractivity contribution < 1.29 is 13.2 Å². The van der Waals surface area contributed by atoms with Crippen LogP contribution in [0.2, 0.25) is 0 Å². The van der Waals surface area contributed by atoms with Crippen molar-refractivity contribution in [1.82, 2.24) is 0 Å². The molecule has 0 spiro atoms. The van der Waals surface area contributed by atoms with Crippen molar-refractivity contribution in [3.8, 4) is 5.75 Å². The Balaban J connectivity index is 2.42. The lowest BCUT2D eigenvalue weighted by Crippen LogP contribution is -2.12. The van der Waals surface area contributed by atoms with Gasteiger partial charge in [-0.3, -0.25) is 0 Å². The molecule has 1 rings (SSSR count). The van der Waals surface area contributed by atoms with Crippen molar-refractivity contribution in [2.24, 2.45) is 5.73 Å². The van der Waals surface area contributed by atoms with E-state index in [1.54, 1.807) is 6.92 Å². The fraction of sp³-hybridized carbons (Fsp3) is 0.538. The zero-order valence-corrected chi connectivity index (χ0v) is 11.7. The van der Waals surface area contributed by atoms with Crippen LogP contribution in [0.25, 0.3) is 0 Å². The van der Waals surface area contributed by atoms with Crippen LogP contribution in [-0.2, 0) is 9.84 Å². The molecule has 0 amide bonds. The quantitative estimate of drug-likeness (QED) is 0.769. The number of sulfone groups is 1. The number of hydrogen-bond donors (Lipinski definition) is 1. The average molecular weight is 271 g/mol. The van der Waals surface area contributed by atoms with Gasteiger partial charge in [0.1, 0.15) is 15.6 Å². The Hall–Kier alpha value is -1.07. The predicted octanol–water partition coefficient (Wildman–Crippen LogP) is 1.91.